The molecule has 0 spiro atoms. The van der Waals surface area contributed by atoms with Crippen LogP contribution >= 0.6 is 0 Å². The summed E-state index contributed by atoms with van der Waals surface area (Å²) in [5.41, 5.74) is 0. The van der Waals surface area contributed by atoms with Crippen molar-refractivity contribution in [2.75, 3.05) is 13.1 Å². The number of rotatable bonds is 0. The highest BCUT2D eigenvalue weighted by molar-refractivity contribution is 4.56. The van der Waals surface area contributed by atoms with Crippen LogP contribution in [0.5, 0.6) is 0 Å². The second-order valence-electron chi connectivity index (χ2n) is 1.35. The monoisotopic (exact) mass is 127 g/mol. The molecule has 0 unspecified atom stereocenters. The summed E-state index contributed by atoms with van der Waals surface area (Å²) < 4.78 is 29.0. The minimum atomic E-state index is -3.67. The molecule has 0 bridgehead atoms. The summed E-state index contributed by atoms with van der Waals surface area (Å²) in [5, 5.41) is 3.11. The van der Waals surface area contributed by atoms with Gasteiger partial charge < -0.3 is 5.32 Å². The maximum Gasteiger partial charge on any atom is 0.379 e. The normalized spacial score (nSPS) is 16.5. The van der Waals surface area contributed by atoms with Crippen LogP contribution in [0.1, 0.15) is 6.42 Å². The lowest BCUT2D eigenvalue weighted by atomic mass is 10.3. The molecule has 0 aromatic carbocycles. The van der Waals surface area contributed by atoms with Gasteiger partial charge in [-0.05, 0) is 19.5 Å². The van der Waals surface area contributed by atoms with Crippen LogP contribution in [0, 0.1) is 0 Å². The predicted octanol–water partition coefficient (Wildman–Crippen LogP) is 1.16. The Hall–Kier alpha value is -0.250. The van der Waals surface area contributed by atoms with Gasteiger partial charge in [-0.1, -0.05) is 0 Å². The second kappa shape index (κ2) is 4.90. The van der Waals surface area contributed by atoms with Crippen LogP contribution in [0.3, 0.4) is 0 Å². The summed E-state index contributed by atoms with van der Waals surface area (Å²) in [4.78, 5) is 0. The molecule has 0 aromatic rings. The Morgan fingerprint density at radius 2 is 1.25 bits per heavy atom. The molecule has 50 valence electrons. The lowest BCUT2D eigenvalue weighted by molar-refractivity contribution is 0.00819. The largest absolute Gasteiger partial charge is 0.379 e. The third-order valence-corrected chi connectivity index (χ3v) is 0.707. The minimum Gasteiger partial charge on any atom is -0.317 e. The van der Waals surface area contributed by atoms with Crippen molar-refractivity contribution >= 4 is 0 Å². The zero-order valence-corrected chi connectivity index (χ0v) is 4.33. The lowest BCUT2D eigenvalue weighted by Crippen LogP contribution is -2.29. The van der Waals surface area contributed by atoms with Gasteiger partial charge in [0, 0.05) is 0 Å². The highest BCUT2D eigenvalue weighted by atomic mass is 19.4. The first kappa shape index (κ1) is 7.75. The molecule has 0 aliphatic carbocycles. The van der Waals surface area contributed by atoms with E-state index in [1.165, 1.54) is 19.5 Å². The number of hydrogen-bond donors (Lipinski definition) is 1. The highest BCUT2D eigenvalue weighted by Gasteiger charge is 1.92. The van der Waals surface area contributed by atoms with E-state index in [1.54, 1.807) is 0 Å². The van der Waals surface area contributed by atoms with E-state index >= 15 is 0 Å². The Morgan fingerprint density at radius 3 is 1.25 bits per heavy atom. The number of halogens is 3. The van der Waals surface area contributed by atoms with E-state index in [0.29, 0.717) is 0 Å². The van der Waals surface area contributed by atoms with E-state index < -0.39 is 6.68 Å². The van der Waals surface area contributed by atoms with Crippen LogP contribution in [0.2, 0.25) is 0 Å². The first-order valence-electron chi connectivity index (χ1n) is 2.36. The summed E-state index contributed by atoms with van der Waals surface area (Å²) in [7, 11) is 0. The molecule has 8 heavy (non-hydrogen) atoms. The summed E-state index contributed by atoms with van der Waals surface area (Å²) in [6.45, 7) is -1.17. The van der Waals surface area contributed by atoms with Crippen molar-refractivity contribution in [3.05, 3.63) is 0 Å². The van der Waals surface area contributed by atoms with Crippen LogP contribution in [-0.2, 0) is 0 Å². The minimum absolute atomic E-state index is 1.25. The van der Waals surface area contributed by atoms with Crippen molar-refractivity contribution in [3.8, 4) is 0 Å². The van der Waals surface area contributed by atoms with Crippen molar-refractivity contribution < 1.29 is 13.2 Å². The zero-order valence-electron chi connectivity index (χ0n) is 4.33. The standard InChI is InChI=1S/C3H7N.CHF3/c1-2-4-3-1;2-1(3)4/h4H,1-3H2;1H. The second-order valence-corrected chi connectivity index (χ2v) is 1.35. The zero-order chi connectivity index (χ0) is 6.41. The molecule has 0 aromatic heterocycles. The lowest BCUT2D eigenvalue weighted by Gasteiger charge is -2.09. The Morgan fingerprint density at radius 1 is 1.12 bits per heavy atom. The van der Waals surface area contributed by atoms with E-state index in [4.69, 9.17) is 0 Å². The molecule has 4 heteroatoms. The van der Waals surface area contributed by atoms with Crippen LogP contribution in [0.15, 0.2) is 0 Å². The van der Waals surface area contributed by atoms with Crippen LogP contribution in [-0.4, -0.2) is 19.8 Å². The van der Waals surface area contributed by atoms with E-state index in [0.717, 1.165) is 0 Å². The van der Waals surface area contributed by atoms with Crippen LogP contribution in [0.25, 0.3) is 0 Å². The summed E-state index contributed by atoms with van der Waals surface area (Å²) in [5.74, 6) is 0. The van der Waals surface area contributed by atoms with E-state index in [-0.39, 0.29) is 0 Å². The van der Waals surface area contributed by atoms with Crippen molar-refractivity contribution in [1.82, 2.24) is 5.32 Å². The number of hydrogen-bond acceptors (Lipinski definition) is 1. The molecule has 1 N–H and O–H groups in total. The molecule has 1 nitrogen and oxygen atoms in total. The van der Waals surface area contributed by atoms with Crippen molar-refractivity contribution in [3.63, 3.8) is 0 Å². The van der Waals surface area contributed by atoms with Crippen LogP contribution in [0.4, 0.5) is 13.2 Å². The molecule has 1 aliphatic heterocycles. The average molecular weight is 127 g/mol. The molecular formula is C4H8F3N. The molecule has 1 saturated heterocycles. The first-order chi connectivity index (χ1) is 3.73. The van der Waals surface area contributed by atoms with Gasteiger partial charge in [0.25, 0.3) is 0 Å². The van der Waals surface area contributed by atoms with Crippen LogP contribution < -0.4 is 5.32 Å². The number of nitrogens with one attached hydrogen (secondary N) is 1. The van der Waals surface area contributed by atoms with E-state index in [2.05, 4.69) is 5.32 Å². The van der Waals surface area contributed by atoms with Gasteiger partial charge in [-0.3, -0.25) is 0 Å². The van der Waals surface area contributed by atoms with Gasteiger partial charge in [0.05, 0.1) is 0 Å². The summed E-state index contributed by atoms with van der Waals surface area (Å²) in [6.07, 6.45) is 1.39. The Kier molecular flexibility index (Phi) is 4.75. The van der Waals surface area contributed by atoms with Gasteiger partial charge in [0.15, 0.2) is 0 Å². The van der Waals surface area contributed by atoms with Gasteiger partial charge in [-0.2, -0.15) is 13.2 Å². The Bertz CT molecular complexity index is 37.8. The van der Waals surface area contributed by atoms with Gasteiger partial charge in [0.2, 0.25) is 0 Å². The molecular weight excluding hydrogens is 119 g/mol. The Balaban J connectivity index is 0.000000122. The summed E-state index contributed by atoms with van der Waals surface area (Å²) >= 11 is 0. The highest BCUT2D eigenvalue weighted by Crippen LogP contribution is 1.87. The fourth-order valence-electron chi connectivity index (χ4n) is 0.177. The molecule has 1 rings (SSSR count). The quantitative estimate of drug-likeness (QED) is 0.514. The smallest absolute Gasteiger partial charge is 0.317 e. The van der Waals surface area contributed by atoms with Crippen molar-refractivity contribution in [2.45, 2.75) is 13.1 Å². The van der Waals surface area contributed by atoms with Crippen molar-refractivity contribution in [1.29, 1.82) is 0 Å². The molecule has 1 heterocycles. The molecule has 0 radical (unpaired) electrons. The van der Waals surface area contributed by atoms with Gasteiger partial charge in [-0.25, -0.2) is 0 Å². The Labute approximate surface area is 45.9 Å². The maximum absolute atomic E-state index is 9.67. The van der Waals surface area contributed by atoms with E-state index in [1.807, 2.05) is 0 Å². The maximum atomic E-state index is 9.67. The predicted molar refractivity (Wildman–Crippen MR) is 24.6 cm³/mol. The number of alkyl halides is 3. The molecule has 0 amide bonds. The molecule has 0 saturated carbocycles. The van der Waals surface area contributed by atoms with E-state index in [9.17, 15) is 13.2 Å². The fraction of sp³-hybridized carbons (Fsp3) is 1.00. The average Bonchev–Trinajstić information content (AvgIpc) is 1.19. The topological polar surface area (TPSA) is 12.0 Å². The molecule has 1 aliphatic rings. The third kappa shape index (κ3) is 9.23. The third-order valence-electron chi connectivity index (χ3n) is 0.707. The van der Waals surface area contributed by atoms with Gasteiger partial charge >= 0.3 is 6.68 Å². The van der Waals surface area contributed by atoms with Crippen molar-refractivity contribution in [2.24, 2.45) is 0 Å². The SMILES string of the molecule is C1CNC1.FC(F)F. The molecule has 1 fully saturated rings. The fourth-order valence-corrected chi connectivity index (χ4v) is 0.177. The van der Waals surface area contributed by atoms with Gasteiger partial charge in [-0.15, -0.1) is 0 Å². The summed E-state index contributed by atoms with van der Waals surface area (Å²) in [6, 6.07) is 0. The molecule has 0 atom stereocenters. The van der Waals surface area contributed by atoms with Gasteiger partial charge in [0.1, 0.15) is 0 Å². The first-order valence-corrected chi connectivity index (χ1v) is 2.36.